The first-order valence-electron chi connectivity index (χ1n) is 7.58. The molecule has 0 saturated carbocycles. The standard InChI is InChI=1S/C16H24N2O2S/c1-5-11(3)13-14(19)18(10-12-8-7-9-21-12)16(4,6-2)15(20)17-13/h7-9,11,13H,5-6,10H2,1-4H3,(H,17,20). The van der Waals surface area contributed by atoms with Crippen molar-refractivity contribution in [3.05, 3.63) is 22.4 Å². The van der Waals surface area contributed by atoms with Gasteiger partial charge in [0.15, 0.2) is 0 Å². The molecule has 2 rings (SSSR count). The normalized spacial score (nSPS) is 27.6. The van der Waals surface area contributed by atoms with Crippen LogP contribution in [-0.4, -0.2) is 28.3 Å². The van der Waals surface area contributed by atoms with Crippen LogP contribution in [0.25, 0.3) is 0 Å². The van der Waals surface area contributed by atoms with E-state index in [2.05, 4.69) is 5.32 Å². The van der Waals surface area contributed by atoms with E-state index in [0.717, 1.165) is 11.3 Å². The van der Waals surface area contributed by atoms with Crippen molar-refractivity contribution in [2.24, 2.45) is 5.92 Å². The quantitative estimate of drug-likeness (QED) is 0.909. The highest BCUT2D eigenvalue weighted by molar-refractivity contribution is 7.09. The van der Waals surface area contributed by atoms with Gasteiger partial charge < -0.3 is 10.2 Å². The first-order chi connectivity index (χ1) is 9.93. The molecule has 1 aliphatic heterocycles. The number of amides is 2. The predicted molar refractivity (Wildman–Crippen MR) is 85.0 cm³/mol. The molecular weight excluding hydrogens is 284 g/mol. The largest absolute Gasteiger partial charge is 0.342 e. The molecule has 116 valence electrons. The number of hydrogen-bond acceptors (Lipinski definition) is 3. The van der Waals surface area contributed by atoms with E-state index in [1.165, 1.54) is 0 Å². The lowest BCUT2D eigenvalue weighted by Crippen LogP contribution is -2.70. The molecule has 1 saturated heterocycles. The van der Waals surface area contributed by atoms with Crippen molar-refractivity contribution in [1.82, 2.24) is 10.2 Å². The maximum Gasteiger partial charge on any atom is 0.246 e. The van der Waals surface area contributed by atoms with Gasteiger partial charge in [-0.1, -0.05) is 33.3 Å². The summed E-state index contributed by atoms with van der Waals surface area (Å²) in [6.45, 7) is 8.39. The average molecular weight is 308 g/mol. The molecule has 3 atom stereocenters. The van der Waals surface area contributed by atoms with Crippen molar-refractivity contribution >= 4 is 23.2 Å². The minimum atomic E-state index is -0.759. The highest BCUT2D eigenvalue weighted by Gasteiger charge is 2.49. The lowest BCUT2D eigenvalue weighted by Gasteiger charge is -2.47. The van der Waals surface area contributed by atoms with Crippen LogP contribution < -0.4 is 5.32 Å². The van der Waals surface area contributed by atoms with E-state index >= 15 is 0 Å². The van der Waals surface area contributed by atoms with Gasteiger partial charge in [0.1, 0.15) is 11.6 Å². The molecule has 0 aliphatic carbocycles. The molecule has 5 heteroatoms. The molecule has 0 radical (unpaired) electrons. The summed E-state index contributed by atoms with van der Waals surface area (Å²) in [4.78, 5) is 28.3. The third-order valence-electron chi connectivity index (χ3n) is 4.70. The zero-order chi connectivity index (χ0) is 15.6. The van der Waals surface area contributed by atoms with E-state index < -0.39 is 11.6 Å². The highest BCUT2D eigenvalue weighted by Crippen LogP contribution is 2.30. The number of rotatable bonds is 5. The molecule has 0 aromatic carbocycles. The first kappa shape index (κ1) is 16.0. The van der Waals surface area contributed by atoms with Crippen LogP contribution in [-0.2, 0) is 16.1 Å². The molecule has 21 heavy (non-hydrogen) atoms. The smallest absolute Gasteiger partial charge is 0.246 e. The van der Waals surface area contributed by atoms with Gasteiger partial charge in [0.05, 0.1) is 6.54 Å². The number of thiophene rings is 1. The topological polar surface area (TPSA) is 49.4 Å². The summed E-state index contributed by atoms with van der Waals surface area (Å²) in [5.74, 6) is 0.154. The van der Waals surface area contributed by atoms with Crippen LogP contribution in [0.15, 0.2) is 17.5 Å². The monoisotopic (exact) mass is 308 g/mol. The Bertz CT molecular complexity index is 514. The van der Waals surface area contributed by atoms with E-state index in [9.17, 15) is 9.59 Å². The second-order valence-electron chi connectivity index (χ2n) is 5.97. The molecular formula is C16H24N2O2S. The Balaban J connectivity index is 2.33. The lowest BCUT2D eigenvalue weighted by molar-refractivity contribution is -0.159. The van der Waals surface area contributed by atoms with Gasteiger partial charge in [-0.05, 0) is 30.7 Å². The molecule has 0 bridgehead atoms. The third kappa shape index (κ3) is 2.84. The minimum absolute atomic E-state index is 0.0357. The van der Waals surface area contributed by atoms with Crippen molar-refractivity contribution in [2.75, 3.05) is 0 Å². The summed E-state index contributed by atoms with van der Waals surface area (Å²) >= 11 is 1.62. The van der Waals surface area contributed by atoms with E-state index in [1.807, 2.05) is 45.2 Å². The second kappa shape index (κ2) is 6.18. The van der Waals surface area contributed by atoms with Gasteiger partial charge >= 0.3 is 0 Å². The highest BCUT2D eigenvalue weighted by atomic mass is 32.1. The van der Waals surface area contributed by atoms with Gasteiger partial charge in [-0.15, -0.1) is 11.3 Å². The summed E-state index contributed by atoms with van der Waals surface area (Å²) in [6.07, 6.45) is 1.48. The number of carbonyl (C=O) groups excluding carboxylic acids is 2. The Kier molecular flexibility index (Phi) is 4.71. The summed E-state index contributed by atoms with van der Waals surface area (Å²) in [5.41, 5.74) is -0.759. The fraction of sp³-hybridized carbons (Fsp3) is 0.625. The molecule has 0 spiro atoms. The van der Waals surface area contributed by atoms with Gasteiger partial charge in [-0.25, -0.2) is 0 Å². The maximum absolute atomic E-state index is 12.9. The number of piperazine rings is 1. The van der Waals surface area contributed by atoms with Crippen LogP contribution in [0.4, 0.5) is 0 Å². The molecule has 3 unspecified atom stereocenters. The Morgan fingerprint density at radius 2 is 2.14 bits per heavy atom. The predicted octanol–water partition coefficient (Wildman–Crippen LogP) is 2.79. The van der Waals surface area contributed by atoms with Crippen molar-refractivity contribution < 1.29 is 9.59 Å². The molecule has 1 N–H and O–H groups in total. The SMILES string of the molecule is CCC(C)C1NC(=O)C(C)(CC)N(Cc2cccs2)C1=O. The van der Waals surface area contributed by atoms with Gasteiger partial charge in [0, 0.05) is 4.88 Å². The molecule has 2 amide bonds. The van der Waals surface area contributed by atoms with Gasteiger partial charge in [-0.3, -0.25) is 9.59 Å². The Labute approximate surface area is 130 Å². The van der Waals surface area contributed by atoms with Crippen molar-refractivity contribution in [3.63, 3.8) is 0 Å². The van der Waals surface area contributed by atoms with Crippen molar-refractivity contribution in [1.29, 1.82) is 0 Å². The number of nitrogens with zero attached hydrogens (tertiary/aromatic N) is 1. The van der Waals surface area contributed by atoms with E-state index in [1.54, 1.807) is 16.2 Å². The van der Waals surface area contributed by atoms with Gasteiger partial charge in [0.25, 0.3) is 0 Å². The van der Waals surface area contributed by atoms with E-state index in [0.29, 0.717) is 13.0 Å². The summed E-state index contributed by atoms with van der Waals surface area (Å²) < 4.78 is 0. The van der Waals surface area contributed by atoms with Gasteiger partial charge in [-0.2, -0.15) is 0 Å². The zero-order valence-electron chi connectivity index (χ0n) is 13.2. The summed E-state index contributed by atoms with van der Waals surface area (Å²) in [6, 6.07) is 3.59. The first-order valence-corrected chi connectivity index (χ1v) is 8.46. The van der Waals surface area contributed by atoms with Crippen LogP contribution in [0.3, 0.4) is 0 Å². The molecule has 4 nitrogen and oxygen atoms in total. The van der Waals surface area contributed by atoms with Crippen LogP contribution >= 0.6 is 11.3 Å². The molecule has 2 heterocycles. The number of nitrogens with one attached hydrogen (secondary N) is 1. The Morgan fingerprint density at radius 1 is 1.43 bits per heavy atom. The zero-order valence-corrected chi connectivity index (χ0v) is 14.0. The minimum Gasteiger partial charge on any atom is -0.342 e. The van der Waals surface area contributed by atoms with E-state index in [4.69, 9.17) is 0 Å². The third-order valence-corrected chi connectivity index (χ3v) is 5.56. The Morgan fingerprint density at radius 3 is 2.67 bits per heavy atom. The fourth-order valence-electron chi connectivity index (χ4n) is 2.68. The maximum atomic E-state index is 12.9. The average Bonchev–Trinajstić information content (AvgIpc) is 2.99. The number of carbonyl (C=O) groups is 2. The summed E-state index contributed by atoms with van der Waals surface area (Å²) in [5, 5.41) is 4.94. The number of hydrogen-bond donors (Lipinski definition) is 1. The van der Waals surface area contributed by atoms with Crippen molar-refractivity contribution in [3.8, 4) is 0 Å². The lowest BCUT2D eigenvalue weighted by atomic mass is 9.86. The van der Waals surface area contributed by atoms with Gasteiger partial charge in [0.2, 0.25) is 11.8 Å². The molecule has 1 fully saturated rings. The second-order valence-corrected chi connectivity index (χ2v) is 7.00. The van der Waals surface area contributed by atoms with Crippen LogP contribution in [0, 0.1) is 5.92 Å². The molecule has 1 aromatic rings. The molecule has 1 aliphatic rings. The molecule has 1 aromatic heterocycles. The van der Waals surface area contributed by atoms with Crippen LogP contribution in [0.1, 0.15) is 45.4 Å². The Hall–Kier alpha value is -1.36. The van der Waals surface area contributed by atoms with Crippen molar-refractivity contribution in [2.45, 2.75) is 58.7 Å². The van der Waals surface area contributed by atoms with E-state index in [-0.39, 0.29) is 17.7 Å². The van der Waals surface area contributed by atoms with Crippen LogP contribution in [0.2, 0.25) is 0 Å². The van der Waals surface area contributed by atoms with Crippen LogP contribution in [0.5, 0.6) is 0 Å². The summed E-state index contributed by atoms with van der Waals surface area (Å²) in [7, 11) is 0. The fourth-order valence-corrected chi connectivity index (χ4v) is 3.37.